The van der Waals surface area contributed by atoms with Gasteiger partial charge in [0.25, 0.3) is 0 Å². The van der Waals surface area contributed by atoms with Crippen LogP contribution in [0.15, 0.2) is 54.6 Å². The molecule has 0 radical (unpaired) electrons. The molecule has 0 saturated carbocycles. The molecule has 0 aromatic heterocycles. The van der Waals surface area contributed by atoms with E-state index >= 15 is 0 Å². The minimum absolute atomic E-state index is 0.742. The van der Waals surface area contributed by atoms with Gasteiger partial charge in [0, 0.05) is 37.9 Å². The van der Waals surface area contributed by atoms with E-state index in [2.05, 4.69) is 64.4 Å². The van der Waals surface area contributed by atoms with E-state index in [9.17, 15) is 0 Å². The molecule has 1 saturated heterocycles. The van der Waals surface area contributed by atoms with Crippen molar-refractivity contribution >= 4 is 5.69 Å². The summed E-state index contributed by atoms with van der Waals surface area (Å²) in [6.07, 6.45) is 5.02. The van der Waals surface area contributed by atoms with Gasteiger partial charge in [-0.2, -0.15) is 0 Å². The molecule has 2 aliphatic rings. The van der Waals surface area contributed by atoms with Crippen LogP contribution < -0.4 is 4.90 Å². The van der Waals surface area contributed by atoms with Crippen molar-refractivity contribution < 1.29 is 0 Å². The summed E-state index contributed by atoms with van der Waals surface area (Å²) in [5.41, 5.74) is 4.50. The van der Waals surface area contributed by atoms with Crippen LogP contribution in [-0.2, 0) is 12.8 Å². The first-order valence-corrected chi connectivity index (χ1v) is 9.01. The molecule has 0 bridgehead atoms. The molecule has 2 aliphatic heterocycles. The van der Waals surface area contributed by atoms with Crippen molar-refractivity contribution in [3.05, 3.63) is 65.7 Å². The highest BCUT2D eigenvalue weighted by Gasteiger charge is 2.28. The van der Waals surface area contributed by atoms with Gasteiger partial charge in [-0.3, -0.25) is 0 Å². The Bertz CT molecular complexity index is 629. The maximum absolute atomic E-state index is 2.67. The van der Waals surface area contributed by atoms with Gasteiger partial charge >= 0.3 is 0 Å². The van der Waals surface area contributed by atoms with Crippen LogP contribution >= 0.6 is 0 Å². The van der Waals surface area contributed by atoms with Gasteiger partial charge in [0.05, 0.1) is 0 Å². The Balaban J connectivity index is 1.30. The summed E-state index contributed by atoms with van der Waals surface area (Å²) in [6.45, 7) is 4.91. The Hall–Kier alpha value is -1.80. The Morgan fingerprint density at radius 2 is 1.57 bits per heavy atom. The van der Waals surface area contributed by atoms with Gasteiger partial charge in [0.15, 0.2) is 0 Å². The van der Waals surface area contributed by atoms with Gasteiger partial charge in [-0.15, -0.1) is 0 Å². The predicted octanol–water partition coefficient (Wildman–Crippen LogP) is 3.76. The monoisotopic (exact) mass is 306 g/mol. The second-order valence-electron chi connectivity index (χ2n) is 6.88. The number of hydrogen-bond acceptors (Lipinski definition) is 2. The molecule has 0 atom stereocenters. The fraction of sp³-hybridized carbons (Fsp3) is 0.429. The minimum Gasteiger partial charge on any atom is -0.368 e. The molecule has 4 rings (SSSR count). The zero-order valence-corrected chi connectivity index (χ0v) is 13.8. The fourth-order valence-corrected chi connectivity index (χ4v) is 4.13. The quantitative estimate of drug-likeness (QED) is 0.848. The summed E-state index contributed by atoms with van der Waals surface area (Å²) in [7, 11) is 0. The average Bonchev–Trinajstić information content (AvgIpc) is 3.05. The highest BCUT2D eigenvalue weighted by atomic mass is 15.2. The third-order valence-electron chi connectivity index (χ3n) is 5.48. The van der Waals surface area contributed by atoms with Crippen molar-refractivity contribution in [3.63, 3.8) is 0 Å². The number of rotatable bonds is 4. The number of likely N-dealkylation sites (tertiary alicyclic amines) is 1. The highest BCUT2D eigenvalue weighted by molar-refractivity contribution is 5.58. The van der Waals surface area contributed by atoms with Gasteiger partial charge in [0.1, 0.15) is 0 Å². The molecular weight excluding hydrogens is 280 g/mol. The summed E-state index contributed by atoms with van der Waals surface area (Å²) in [4.78, 5) is 5.31. The number of hydrogen-bond donors (Lipinski definition) is 0. The van der Waals surface area contributed by atoms with E-state index in [0.29, 0.717) is 0 Å². The summed E-state index contributed by atoms with van der Waals surface area (Å²) >= 11 is 0. The number of piperidine rings is 1. The van der Waals surface area contributed by atoms with Crippen LogP contribution in [0.1, 0.15) is 24.0 Å². The van der Waals surface area contributed by atoms with Crippen LogP contribution in [0, 0.1) is 0 Å². The Labute approximate surface area is 139 Å². The molecule has 2 aromatic carbocycles. The molecule has 2 nitrogen and oxygen atoms in total. The molecule has 2 heteroatoms. The van der Waals surface area contributed by atoms with Crippen molar-refractivity contribution in [3.8, 4) is 0 Å². The van der Waals surface area contributed by atoms with E-state index in [4.69, 9.17) is 0 Å². The van der Waals surface area contributed by atoms with Crippen LogP contribution in [0.4, 0.5) is 5.69 Å². The van der Waals surface area contributed by atoms with Crippen LogP contribution in [0.3, 0.4) is 0 Å². The van der Waals surface area contributed by atoms with Crippen molar-refractivity contribution in [2.24, 2.45) is 0 Å². The normalized spacial score (nSPS) is 19.0. The lowest BCUT2D eigenvalue weighted by Gasteiger charge is -2.38. The summed E-state index contributed by atoms with van der Waals surface area (Å²) in [5.74, 6) is 0. The van der Waals surface area contributed by atoms with Crippen molar-refractivity contribution in [2.75, 3.05) is 31.1 Å². The molecule has 2 heterocycles. The van der Waals surface area contributed by atoms with Crippen molar-refractivity contribution in [2.45, 2.75) is 31.7 Å². The van der Waals surface area contributed by atoms with E-state index in [1.165, 1.54) is 63.1 Å². The van der Waals surface area contributed by atoms with E-state index in [1.807, 2.05) is 0 Å². The summed E-state index contributed by atoms with van der Waals surface area (Å²) < 4.78 is 0. The molecule has 0 aliphatic carbocycles. The lowest BCUT2D eigenvalue weighted by Crippen LogP contribution is -2.44. The highest BCUT2D eigenvalue weighted by Crippen LogP contribution is 2.32. The first kappa shape index (κ1) is 14.8. The number of anilines is 1. The predicted molar refractivity (Wildman–Crippen MR) is 97.1 cm³/mol. The van der Waals surface area contributed by atoms with E-state index in [1.54, 1.807) is 5.56 Å². The number of benzene rings is 2. The van der Waals surface area contributed by atoms with Crippen LogP contribution in [0.2, 0.25) is 0 Å². The average molecular weight is 306 g/mol. The maximum atomic E-state index is 2.67. The second-order valence-corrected chi connectivity index (χ2v) is 6.88. The van der Waals surface area contributed by atoms with Crippen molar-refractivity contribution in [1.29, 1.82) is 0 Å². The summed E-state index contributed by atoms with van der Waals surface area (Å²) in [6, 6.07) is 20.6. The first-order chi connectivity index (χ1) is 11.4. The Morgan fingerprint density at radius 3 is 2.39 bits per heavy atom. The molecule has 0 N–H and O–H groups in total. The third-order valence-corrected chi connectivity index (χ3v) is 5.48. The first-order valence-electron chi connectivity index (χ1n) is 9.01. The largest absolute Gasteiger partial charge is 0.368 e. The van der Waals surface area contributed by atoms with Crippen LogP contribution in [0.5, 0.6) is 0 Å². The number of fused-ring (bicyclic) bond motifs is 1. The van der Waals surface area contributed by atoms with E-state index in [0.717, 1.165) is 6.04 Å². The van der Waals surface area contributed by atoms with Gasteiger partial charge in [0.2, 0.25) is 0 Å². The lowest BCUT2D eigenvalue weighted by atomic mass is 10.0. The molecule has 1 fully saturated rings. The standard InChI is InChI=1S/C21H26N2/c1-2-6-18(7-3-1)10-14-22-15-12-20(13-16-22)23-17-11-19-8-4-5-9-21(19)23/h1-9,20H,10-17H2. The SMILES string of the molecule is c1ccc(CCN2CCC(N3CCc4ccccc43)CC2)cc1. The molecule has 0 unspecified atom stereocenters. The third kappa shape index (κ3) is 3.28. The Morgan fingerprint density at radius 1 is 0.826 bits per heavy atom. The van der Waals surface area contributed by atoms with Gasteiger partial charge in [-0.1, -0.05) is 48.5 Å². The molecule has 0 spiro atoms. The summed E-state index contributed by atoms with van der Waals surface area (Å²) in [5, 5.41) is 0. The Kier molecular flexibility index (Phi) is 4.34. The van der Waals surface area contributed by atoms with Gasteiger partial charge < -0.3 is 9.80 Å². The molecule has 2 aromatic rings. The zero-order chi connectivity index (χ0) is 15.5. The van der Waals surface area contributed by atoms with Crippen LogP contribution in [0.25, 0.3) is 0 Å². The molecular formula is C21H26N2. The zero-order valence-electron chi connectivity index (χ0n) is 13.8. The molecule has 120 valence electrons. The number of nitrogens with zero attached hydrogens (tertiary/aromatic N) is 2. The van der Waals surface area contributed by atoms with E-state index < -0.39 is 0 Å². The van der Waals surface area contributed by atoms with Crippen molar-refractivity contribution in [1.82, 2.24) is 4.90 Å². The van der Waals surface area contributed by atoms with Gasteiger partial charge in [-0.25, -0.2) is 0 Å². The fourth-order valence-electron chi connectivity index (χ4n) is 4.13. The molecule has 23 heavy (non-hydrogen) atoms. The maximum Gasteiger partial charge on any atom is 0.0402 e. The second kappa shape index (κ2) is 6.76. The number of para-hydroxylation sites is 1. The van der Waals surface area contributed by atoms with E-state index in [-0.39, 0.29) is 0 Å². The van der Waals surface area contributed by atoms with Crippen LogP contribution in [-0.4, -0.2) is 37.1 Å². The smallest absolute Gasteiger partial charge is 0.0402 e. The lowest BCUT2D eigenvalue weighted by molar-refractivity contribution is 0.212. The molecule has 0 amide bonds. The minimum atomic E-state index is 0.742. The van der Waals surface area contributed by atoms with Gasteiger partial charge in [-0.05, 0) is 42.9 Å². The topological polar surface area (TPSA) is 6.48 Å².